The molecule has 4 heteroatoms. The van der Waals surface area contributed by atoms with Crippen molar-refractivity contribution in [3.05, 3.63) is 39.9 Å². The lowest BCUT2D eigenvalue weighted by molar-refractivity contribution is -0.384. The molecule has 1 N–H and O–H groups in total. The molecule has 2 rings (SSSR count). The Morgan fingerprint density at radius 1 is 1.25 bits per heavy atom. The van der Waals surface area contributed by atoms with Crippen LogP contribution in [0.4, 0.5) is 5.69 Å². The van der Waals surface area contributed by atoms with Gasteiger partial charge in [-0.05, 0) is 18.4 Å². The molecule has 1 aromatic carbocycles. The fourth-order valence-corrected chi connectivity index (χ4v) is 2.13. The van der Waals surface area contributed by atoms with Gasteiger partial charge in [-0.25, -0.2) is 0 Å². The Bertz CT molecular complexity index is 356. The SMILES string of the molecule is O=[N+]([O-])c1ccc(CNC2CCCC2)cc1. The first kappa shape index (κ1) is 11.1. The van der Waals surface area contributed by atoms with Gasteiger partial charge in [-0.3, -0.25) is 10.1 Å². The van der Waals surface area contributed by atoms with Gasteiger partial charge < -0.3 is 5.32 Å². The summed E-state index contributed by atoms with van der Waals surface area (Å²) in [4.78, 5) is 10.1. The van der Waals surface area contributed by atoms with E-state index < -0.39 is 0 Å². The van der Waals surface area contributed by atoms with Crippen molar-refractivity contribution >= 4 is 5.69 Å². The Labute approximate surface area is 94.8 Å². The smallest absolute Gasteiger partial charge is 0.269 e. The lowest BCUT2D eigenvalue weighted by atomic mass is 10.2. The molecule has 4 nitrogen and oxygen atoms in total. The summed E-state index contributed by atoms with van der Waals surface area (Å²) in [5.74, 6) is 0. The third-order valence-electron chi connectivity index (χ3n) is 3.10. The van der Waals surface area contributed by atoms with E-state index in [1.54, 1.807) is 12.1 Å². The minimum atomic E-state index is -0.367. The molecule has 1 aliphatic rings. The average Bonchev–Trinajstić information content (AvgIpc) is 2.80. The van der Waals surface area contributed by atoms with E-state index in [4.69, 9.17) is 0 Å². The van der Waals surface area contributed by atoms with Crippen LogP contribution in [-0.4, -0.2) is 11.0 Å². The quantitative estimate of drug-likeness (QED) is 0.626. The number of hydrogen-bond donors (Lipinski definition) is 1. The first-order valence-electron chi connectivity index (χ1n) is 5.72. The number of non-ortho nitro benzene ring substituents is 1. The van der Waals surface area contributed by atoms with Crippen LogP contribution in [0.15, 0.2) is 24.3 Å². The number of nitrogens with one attached hydrogen (secondary N) is 1. The van der Waals surface area contributed by atoms with E-state index >= 15 is 0 Å². The van der Waals surface area contributed by atoms with Crippen molar-refractivity contribution in [1.29, 1.82) is 0 Å². The predicted molar refractivity (Wildman–Crippen MR) is 62.2 cm³/mol. The Morgan fingerprint density at radius 3 is 2.44 bits per heavy atom. The molecule has 0 spiro atoms. The van der Waals surface area contributed by atoms with Crippen molar-refractivity contribution < 1.29 is 4.92 Å². The summed E-state index contributed by atoms with van der Waals surface area (Å²) in [5, 5.41) is 13.9. The standard InChI is InChI=1S/C12H16N2O2/c15-14(16)12-7-5-10(6-8-12)9-13-11-3-1-2-4-11/h5-8,11,13H,1-4,9H2. The second kappa shape index (κ2) is 5.07. The van der Waals surface area contributed by atoms with Crippen molar-refractivity contribution in [2.24, 2.45) is 0 Å². The fourth-order valence-electron chi connectivity index (χ4n) is 2.13. The lowest BCUT2D eigenvalue weighted by Crippen LogP contribution is -2.25. The second-order valence-electron chi connectivity index (χ2n) is 4.29. The molecule has 0 aliphatic heterocycles. The maximum atomic E-state index is 10.5. The van der Waals surface area contributed by atoms with Crippen LogP contribution < -0.4 is 5.32 Å². The predicted octanol–water partition coefficient (Wildman–Crippen LogP) is 2.63. The monoisotopic (exact) mass is 220 g/mol. The van der Waals surface area contributed by atoms with Crippen LogP contribution in [0.3, 0.4) is 0 Å². The summed E-state index contributed by atoms with van der Waals surface area (Å²) in [6, 6.07) is 7.40. The van der Waals surface area contributed by atoms with E-state index in [9.17, 15) is 10.1 Å². The molecule has 0 aromatic heterocycles. The minimum Gasteiger partial charge on any atom is -0.310 e. The largest absolute Gasteiger partial charge is 0.310 e. The Balaban J connectivity index is 1.87. The molecular formula is C12H16N2O2. The summed E-state index contributed by atoms with van der Waals surface area (Å²) in [6.07, 6.45) is 5.15. The second-order valence-corrected chi connectivity index (χ2v) is 4.29. The first-order valence-corrected chi connectivity index (χ1v) is 5.72. The number of hydrogen-bond acceptors (Lipinski definition) is 3. The summed E-state index contributed by atoms with van der Waals surface area (Å²) >= 11 is 0. The highest BCUT2D eigenvalue weighted by atomic mass is 16.6. The van der Waals surface area contributed by atoms with Gasteiger partial charge in [0.15, 0.2) is 0 Å². The summed E-state index contributed by atoms with van der Waals surface area (Å²) in [7, 11) is 0. The van der Waals surface area contributed by atoms with Crippen molar-refractivity contribution in [3.63, 3.8) is 0 Å². The van der Waals surface area contributed by atoms with Crippen molar-refractivity contribution in [2.45, 2.75) is 38.3 Å². The maximum Gasteiger partial charge on any atom is 0.269 e. The molecule has 0 saturated heterocycles. The van der Waals surface area contributed by atoms with Crippen LogP contribution in [0, 0.1) is 10.1 Å². The van der Waals surface area contributed by atoms with Crippen LogP contribution in [0.2, 0.25) is 0 Å². The molecule has 1 saturated carbocycles. The molecule has 1 aromatic rings. The van der Waals surface area contributed by atoms with E-state index in [0.29, 0.717) is 6.04 Å². The molecule has 16 heavy (non-hydrogen) atoms. The molecule has 1 aliphatic carbocycles. The van der Waals surface area contributed by atoms with Crippen LogP contribution in [0.25, 0.3) is 0 Å². The lowest BCUT2D eigenvalue weighted by Gasteiger charge is -2.11. The minimum absolute atomic E-state index is 0.157. The van der Waals surface area contributed by atoms with Crippen LogP contribution in [0.1, 0.15) is 31.2 Å². The summed E-state index contributed by atoms with van der Waals surface area (Å²) in [5.41, 5.74) is 1.27. The Kier molecular flexibility index (Phi) is 3.51. The molecule has 86 valence electrons. The first-order chi connectivity index (χ1) is 7.75. The molecule has 0 atom stereocenters. The Morgan fingerprint density at radius 2 is 1.88 bits per heavy atom. The van der Waals surface area contributed by atoms with Crippen molar-refractivity contribution in [1.82, 2.24) is 5.32 Å². The molecular weight excluding hydrogens is 204 g/mol. The molecule has 0 unspecified atom stereocenters. The molecule has 0 bridgehead atoms. The van der Waals surface area contributed by atoms with Crippen LogP contribution >= 0.6 is 0 Å². The molecule has 0 amide bonds. The van der Waals surface area contributed by atoms with Gasteiger partial charge in [0.05, 0.1) is 4.92 Å². The maximum absolute atomic E-state index is 10.5. The van der Waals surface area contributed by atoms with Crippen LogP contribution in [0.5, 0.6) is 0 Å². The summed E-state index contributed by atoms with van der Waals surface area (Å²) < 4.78 is 0. The average molecular weight is 220 g/mol. The fraction of sp³-hybridized carbons (Fsp3) is 0.500. The van der Waals surface area contributed by atoms with E-state index in [1.807, 2.05) is 12.1 Å². The van der Waals surface area contributed by atoms with Gasteiger partial charge >= 0.3 is 0 Å². The number of benzene rings is 1. The summed E-state index contributed by atoms with van der Waals surface area (Å²) in [6.45, 7) is 0.808. The third-order valence-corrected chi connectivity index (χ3v) is 3.10. The third kappa shape index (κ3) is 2.79. The number of rotatable bonds is 4. The zero-order valence-corrected chi connectivity index (χ0v) is 9.19. The molecule has 0 radical (unpaired) electrons. The van der Waals surface area contributed by atoms with E-state index in [1.165, 1.54) is 25.7 Å². The van der Waals surface area contributed by atoms with Gasteiger partial charge in [-0.2, -0.15) is 0 Å². The van der Waals surface area contributed by atoms with Crippen molar-refractivity contribution in [2.75, 3.05) is 0 Å². The van der Waals surface area contributed by atoms with Gasteiger partial charge in [-0.1, -0.05) is 25.0 Å². The van der Waals surface area contributed by atoms with Gasteiger partial charge in [0, 0.05) is 24.7 Å². The van der Waals surface area contributed by atoms with E-state index in [2.05, 4.69) is 5.32 Å². The van der Waals surface area contributed by atoms with Crippen molar-refractivity contribution in [3.8, 4) is 0 Å². The number of nitro benzene ring substituents is 1. The highest BCUT2D eigenvalue weighted by Gasteiger charge is 2.13. The van der Waals surface area contributed by atoms with Gasteiger partial charge in [-0.15, -0.1) is 0 Å². The zero-order chi connectivity index (χ0) is 11.4. The van der Waals surface area contributed by atoms with E-state index in [-0.39, 0.29) is 10.6 Å². The number of nitro groups is 1. The highest BCUT2D eigenvalue weighted by Crippen LogP contribution is 2.18. The zero-order valence-electron chi connectivity index (χ0n) is 9.19. The Hall–Kier alpha value is -1.42. The van der Waals surface area contributed by atoms with Gasteiger partial charge in [0.25, 0.3) is 5.69 Å². The molecule has 0 heterocycles. The van der Waals surface area contributed by atoms with Crippen LogP contribution in [-0.2, 0) is 6.54 Å². The van der Waals surface area contributed by atoms with Gasteiger partial charge in [0.1, 0.15) is 0 Å². The van der Waals surface area contributed by atoms with E-state index in [0.717, 1.165) is 12.1 Å². The normalized spacial score (nSPS) is 16.5. The topological polar surface area (TPSA) is 55.2 Å². The highest BCUT2D eigenvalue weighted by molar-refractivity contribution is 5.32. The van der Waals surface area contributed by atoms with Gasteiger partial charge in [0.2, 0.25) is 0 Å². The number of nitrogens with zero attached hydrogens (tertiary/aromatic N) is 1. The molecule has 1 fully saturated rings.